The van der Waals surface area contributed by atoms with Gasteiger partial charge in [0.1, 0.15) is 6.10 Å². The van der Waals surface area contributed by atoms with Crippen LogP contribution in [0.25, 0.3) is 0 Å². The molecule has 5 heteroatoms. The summed E-state index contributed by atoms with van der Waals surface area (Å²) in [5, 5.41) is 0. The minimum atomic E-state index is -0.771. The molecular weight excluding hydrogens is 148 g/mol. The van der Waals surface area contributed by atoms with Crippen molar-refractivity contribution in [2.24, 2.45) is 11.5 Å². The third-order valence-electron chi connectivity index (χ3n) is 1.60. The lowest BCUT2D eigenvalue weighted by atomic mass is 10.1. The van der Waals surface area contributed by atoms with Gasteiger partial charge in [0.2, 0.25) is 0 Å². The molecule has 0 spiro atoms. The summed E-state index contributed by atoms with van der Waals surface area (Å²) in [6.07, 6.45) is -0.419. The Bertz CT molecular complexity index is 151. The first-order valence-corrected chi connectivity index (χ1v) is 3.49. The van der Waals surface area contributed by atoms with Crippen molar-refractivity contribution < 1.29 is 14.3 Å². The Hall–Kier alpha value is -0.810. The van der Waals surface area contributed by atoms with E-state index in [0.29, 0.717) is 19.6 Å². The highest BCUT2D eigenvalue weighted by Crippen LogP contribution is 2.09. The molecule has 11 heavy (non-hydrogen) atoms. The lowest BCUT2D eigenvalue weighted by molar-refractivity contribution is -0.0110. The number of amides is 1. The number of primary amides is 1. The van der Waals surface area contributed by atoms with E-state index in [1.165, 1.54) is 0 Å². The van der Waals surface area contributed by atoms with Gasteiger partial charge in [-0.25, -0.2) is 4.79 Å². The van der Waals surface area contributed by atoms with E-state index in [0.717, 1.165) is 0 Å². The molecule has 0 aromatic rings. The van der Waals surface area contributed by atoms with Crippen LogP contribution < -0.4 is 11.5 Å². The van der Waals surface area contributed by atoms with Crippen molar-refractivity contribution >= 4 is 6.09 Å². The van der Waals surface area contributed by atoms with Crippen LogP contribution in [0.15, 0.2) is 0 Å². The van der Waals surface area contributed by atoms with Crippen molar-refractivity contribution in [1.29, 1.82) is 0 Å². The third kappa shape index (κ3) is 2.36. The fourth-order valence-electron chi connectivity index (χ4n) is 1.04. The SMILES string of the molecule is NC(=O)O[C@H]1CCOC[C@H]1N. The van der Waals surface area contributed by atoms with E-state index in [1.54, 1.807) is 0 Å². The largest absolute Gasteiger partial charge is 0.445 e. The van der Waals surface area contributed by atoms with Crippen molar-refractivity contribution in [2.75, 3.05) is 13.2 Å². The van der Waals surface area contributed by atoms with Gasteiger partial charge in [0.05, 0.1) is 19.3 Å². The molecule has 1 aliphatic heterocycles. The van der Waals surface area contributed by atoms with Crippen LogP contribution in [0, 0.1) is 0 Å². The van der Waals surface area contributed by atoms with Gasteiger partial charge < -0.3 is 20.9 Å². The first kappa shape index (κ1) is 8.29. The van der Waals surface area contributed by atoms with Gasteiger partial charge in [-0.05, 0) is 0 Å². The van der Waals surface area contributed by atoms with Crippen LogP contribution in [0.5, 0.6) is 0 Å². The Balaban J connectivity index is 2.35. The van der Waals surface area contributed by atoms with Crippen LogP contribution in [-0.4, -0.2) is 31.5 Å². The molecule has 0 unspecified atom stereocenters. The molecule has 2 atom stereocenters. The second-order valence-electron chi connectivity index (χ2n) is 2.50. The normalized spacial score (nSPS) is 31.4. The molecule has 0 aromatic carbocycles. The highest BCUT2D eigenvalue weighted by atomic mass is 16.6. The molecule has 1 heterocycles. The molecule has 1 amide bonds. The summed E-state index contributed by atoms with van der Waals surface area (Å²) in [4.78, 5) is 10.3. The van der Waals surface area contributed by atoms with Gasteiger partial charge in [0.25, 0.3) is 0 Å². The van der Waals surface area contributed by atoms with Crippen molar-refractivity contribution in [2.45, 2.75) is 18.6 Å². The molecule has 0 saturated carbocycles. The minimum Gasteiger partial charge on any atom is -0.445 e. The van der Waals surface area contributed by atoms with Crippen LogP contribution in [0.4, 0.5) is 4.79 Å². The number of carbonyl (C=O) groups excluding carboxylic acids is 1. The van der Waals surface area contributed by atoms with Gasteiger partial charge in [-0.15, -0.1) is 0 Å². The average Bonchev–Trinajstić information content (AvgIpc) is 1.93. The van der Waals surface area contributed by atoms with E-state index in [9.17, 15) is 4.79 Å². The first-order chi connectivity index (χ1) is 5.20. The van der Waals surface area contributed by atoms with Gasteiger partial charge in [-0.1, -0.05) is 0 Å². The standard InChI is InChI=1S/C6H12N2O3/c7-4-3-10-2-1-5(4)11-6(8)9/h4-5H,1-3,7H2,(H2,8,9)/t4-,5+/m1/s1. The Kier molecular flexibility index (Phi) is 2.67. The summed E-state index contributed by atoms with van der Waals surface area (Å²) >= 11 is 0. The Morgan fingerprint density at radius 2 is 2.36 bits per heavy atom. The fraction of sp³-hybridized carbons (Fsp3) is 0.833. The number of hydrogen-bond donors (Lipinski definition) is 2. The number of hydrogen-bond acceptors (Lipinski definition) is 4. The molecule has 0 aromatic heterocycles. The number of ether oxygens (including phenoxy) is 2. The van der Waals surface area contributed by atoms with Crippen LogP contribution in [-0.2, 0) is 9.47 Å². The van der Waals surface area contributed by atoms with Crippen molar-refractivity contribution in [3.63, 3.8) is 0 Å². The summed E-state index contributed by atoms with van der Waals surface area (Å²) < 4.78 is 9.77. The van der Waals surface area contributed by atoms with E-state index in [-0.39, 0.29) is 12.1 Å². The molecule has 64 valence electrons. The van der Waals surface area contributed by atoms with Crippen LogP contribution >= 0.6 is 0 Å². The monoisotopic (exact) mass is 160 g/mol. The summed E-state index contributed by atoms with van der Waals surface area (Å²) in [7, 11) is 0. The van der Waals surface area contributed by atoms with Gasteiger partial charge in [-0.2, -0.15) is 0 Å². The maximum atomic E-state index is 10.3. The lowest BCUT2D eigenvalue weighted by Gasteiger charge is -2.27. The quantitative estimate of drug-likeness (QED) is 0.525. The van der Waals surface area contributed by atoms with Crippen LogP contribution in [0.3, 0.4) is 0 Å². The molecule has 0 bridgehead atoms. The molecule has 5 nitrogen and oxygen atoms in total. The summed E-state index contributed by atoms with van der Waals surface area (Å²) in [6.45, 7) is 1.00. The molecule has 1 fully saturated rings. The smallest absolute Gasteiger partial charge is 0.404 e. The number of rotatable bonds is 1. The zero-order valence-electron chi connectivity index (χ0n) is 6.16. The van der Waals surface area contributed by atoms with Gasteiger partial charge in [0.15, 0.2) is 0 Å². The maximum absolute atomic E-state index is 10.3. The highest BCUT2D eigenvalue weighted by molar-refractivity contribution is 5.64. The van der Waals surface area contributed by atoms with E-state index in [2.05, 4.69) is 0 Å². The number of carbonyl (C=O) groups is 1. The van der Waals surface area contributed by atoms with Crippen LogP contribution in [0.2, 0.25) is 0 Å². The lowest BCUT2D eigenvalue weighted by Crippen LogP contribution is -2.46. The minimum absolute atomic E-state index is 0.240. The van der Waals surface area contributed by atoms with Gasteiger partial charge in [0, 0.05) is 6.42 Å². The topological polar surface area (TPSA) is 87.6 Å². The van der Waals surface area contributed by atoms with Gasteiger partial charge >= 0.3 is 6.09 Å². The molecule has 0 radical (unpaired) electrons. The Morgan fingerprint density at radius 1 is 1.64 bits per heavy atom. The summed E-state index contributed by atoms with van der Waals surface area (Å²) in [6, 6.07) is -0.240. The zero-order chi connectivity index (χ0) is 8.27. The predicted molar refractivity (Wildman–Crippen MR) is 37.9 cm³/mol. The molecule has 4 N–H and O–H groups in total. The van der Waals surface area contributed by atoms with E-state index < -0.39 is 6.09 Å². The fourth-order valence-corrected chi connectivity index (χ4v) is 1.04. The summed E-state index contributed by atoms with van der Waals surface area (Å²) in [5.74, 6) is 0. The Morgan fingerprint density at radius 3 is 2.91 bits per heavy atom. The van der Waals surface area contributed by atoms with Crippen molar-refractivity contribution in [3.05, 3.63) is 0 Å². The maximum Gasteiger partial charge on any atom is 0.404 e. The molecule has 1 rings (SSSR count). The third-order valence-corrected chi connectivity index (χ3v) is 1.60. The molecule has 1 aliphatic rings. The van der Waals surface area contributed by atoms with Crippen molar-refractivity contribution in [3.8, 4) is 0 Å². The van der Waals surface area contributed by atoms with E-state index >= 15 is 0 Å². The number of nitrogens with two attached hydrogens (primary N) is 2. The highest BCUT2D eigenvalue weighted by Gasteiger charge is 2.24. The zero-order valence-corrected chi connectivity index (χ0v) is 6.16. The summed E-state index contributed by atoms with van der Waals surface area (Å²) in [5.41, 5.74) is 10.4. The first-order valence-electron chi connectivity index (χ1n) is 3.49. The van der Waals surface area contributed by atoms with Crippen LogP contribution in [0.1, 0.15) is 6.42 Å². The molecular formula is C6H12N2O3. The average molecular weight is 160 g/mol. The predicted octanol–water partition coefficient (Wildman–Crippen LogP) is -0.802. The second-order valence-corrected chi connectivity index (χ2v) is 2.50. The van der Waals surface area contributed by atoms with Crippen molar-refractivity contribution in [1.82, 2.24) is 0 Å². The van der Waals surface area contributed by atoms with E-state index in [4.69, 9.17) is 20.9 Å². The molecule has 0 aliphatic carbocycles. The van der Waals surface area contributed by atoms with Gasteiger partial charge in [-0.3, -0.25) is 0 Å². The second kappa shape index (κ2) is 3.54. The Labute approximate surface area is 64.6 Å². The molecule has 1 saturated heterocycles. The van der Waals surface area contributed by atoms with E-state index in [1.807, 2.05) is 0 Å².